The average Bonchev–Trinajstić information content (AvgIpc) is 3.33. The number of carbonyl (C=O) groups is 1. The van der Waals surface area contributed by atoms with Crippen LogP contribution in [-0.2, 0) is 0 Å². The molecule has 0 radical (unpaired) electrons. The highest BCUT2D eigenvalue weighted by Gasteiger charge is 2.40. The first kappa shape index (κ1) is 20.0. The summed E-state index contributed by atoms with van der Waals surface area (Å²) in [4.78, 5) is 20.0. The number of para-hydroxylation sites is 1. The Morgan fingerprint density at radius 3 is 2.41 bits per heavy atom. The molecular weight excluding hydrogens is 400 g/mol. The molecule has 1 aliphatic heterocycles. The minimum atomic E-state index is -0.198. The molecule has 1 aliphatic rings. The molecule has 0 bridgehead atoms. The lowest BCUT2D eigenvalue weighted by atomic mass is 9.91. The number of ether oxygens (including phenoxy) is 1. The molecule has 0 saturated carbocycles. The smallest absolute Gasteiger partial charge is 0.261 e. The number of hydrogen-bond donors (Lipinski definition) is 0. The van der Waals surface area contributed by atoms with Crippen molar-refractivity contribution in [2.24, 2.45) is 0 Å². The highest BCUT2D eigenvalue weighted by Crippen LogP contribution is 2.44. The molecule has 6 heteroatoms. The third-order valence-electron chi connectivity index (χ3n) is 6.02. The van der Waals surface area contributed by atoms with Gasteiger partial charge < -0.3 is 4.74 Å². The lowest BCUT2D eigenvalue weighted by Gasteiger charge is -2.39. The van der Waals surface area contributed by atoms with Gasteiger partial charge in [-0.15, -0.1) is 0 Å². The van der Waals surface area contributed by atoms with E-state index in [9.17, 15) is 4.79 Å². The van der Waals surface area contributed by atoms with Crippen LogP contribution in [0, 0.1) is 6.92 Å². The molecule has 2 heterocycles. The van der Waals surface area contributed by atoms with Crippen molar-refractivity contribution in [3.8, 4) is 5.75 Å². The van der Waals surface area contributed by atoms with Gasteiger partial charge in [-0.3, -0.25) is 9.69 Å². The molecule has 0 fully saturated rings. The Morgan fingerprint density at radius 2 is 1.66 bits per heavy atom. The van der Waals surface area contributed by atoms with E-state index in [1.165, 1.54) is 6.33 Å². The molecule has 0 spiro atoms. The molecule has 0 saturated heterocycles. The van der Waals surface area contributed by atoms with Crippen LogP contribution in [0.5, 0.6) is 5.75 Å². The van der Waals surface area contributed by atoms with Crippen LogP contribution in [0.2, 0.25) is 0 Å². The van der Waals surface area contributed by atoms with Crippen molar-refractivity contribution in [3.63, 3.8) is 0 Å². The van der Waals surface area contributed by atoms with Gasteiger partial charge in [0.15, 0.2) is 0 Å². The van der Waals surface area contributed by atoms with E-state index in [4.69, 9.17) is 4.74 Å². The Labute approximate surface area is 187 Å². The summed E-state index contributed by atoms with van der Waals surface area (Å²) >= 11 is 0. The van der Waals surface area contributed by atoms with E-state index in [0.29, 0.717) is 17.9 Å². The first-order valence-corrected chi connectivity index (χ1v) is 10.6. The Bertz CT molecular complexity index is 1230. The van der Waals surface area contributed by atoms with Crippen LogP contribution in [-0.4, -0.2) is 27.8 Å². The van der Waals surface area contributed by atoms with Crippen molar-refractivity contribution in [1.82, 2.24) is 14.8 Å². The molecule has 160 valence electrons. The summed E-state index contributed by atoms with van der Waals surface area (Å²) in [7, 11) is 1.67. The Hall–Kier alpha value is -3.93. The summed E-state index contributed by atoms with van der Waals surface area (Å²) in [5, 5.41) is 4.51. The predicted molar refractivity (Wildman–Crippen MR) is 123 cm³/mol. The fourth-order valence-electron chi connectivity index (χ4n) is 4.42. The van der Waals surface area contributed by atoms with Crippen LogP contribution in [0.3, 0.4) is 0 Å². The maximum atomic E-state index is 13.7. The van der Waals surface area contributed by atoms with E-state index in [-0.39, 0.29) is 18.0 Å². The van der Waals surface area contributed by atoms with Crippen LogP contribution in [0.25, 0.3) is 0 Å². The van der Waals surface area contributed by atoms with Crippen LogP contribution in [0.15, 0.2) is 85.2 Å². The van der Waals surface area contributed by atoms with E-state index < -0.39 is 0 Å². The molecule has 5 rings (SSSR count). The molecular formula is C26H24N4O2. The number of amides is 1. The van der Waals surface area contributed by atoms with Gasteiger partial charge in [-0.25, -0.2) is 4.68 Å². The van der Waals surface area contributed by atoms with Gasteiger partial charge in [-0.1, -0.05) is 66.2 Å². The van der Waals surface area contributed by atoms with Gasteiger partial charge in [-0.05, 0) is 37.1 Å². The number of fused-ring (bicyclic) bond motifs is 1. The third-order valence-corrected chi connectivity index (χ3v) is 6.02. The molecule has 1 aromatic heterocycles. The monoisotopic (exact) mass is 424 g/mol. The molecule has 1 amide bonds. The average molecular weight is 425 g/mol. The van der Waals surface area contributed by atoms with E-state index in [2.05, 4.69) is 28.3 Å². The summed E-state index contributed by atoms with van der Waals surface area (Å²) in [6, 6.07) is 25.4. The topological polar surface area (TPSA) is 60.2 Å². The zero-order valence-corrected chi connectivity index (χ0v) is 18.1. The summed E-state index contributed by atoms with van der Waals surface area (Å²) in [6.45, 7) is 2.01. The third kappa shape index (κ3) is 3.43. The van der Waals surface area contributed by atoms with Gasteiger partial charge in [0.25, 0.3) is 5.91 Å². The minimum Gasteiger partial charge on any atom is -0.496 e. The first-order valence-electron chi connectivity index (χ1n) is 10.6. The van der Waals surface area contributed by atoms with Gasteiger partial charge in [-0.2, -0.15) is 10.1 Å². The van der Waals surface area contributed by atoms with Gasteiger partial charge >= 0.3 is 0 Å². The number of carbonyl (C=O) groups excluding carboxylic acids is 1. The number of hydrogen-bond acceptors (Lipinski definition) is 4. The number of nitrogens with zero attached hydrogens (tertiary/aromatic N) is 4. The SMILES string of the molecule is COc1ccccc1[C@@H]1C[C@H](c2ccccc2)N(C(=O)c2ccc(C)cc2)c2ncnn21. The number of benzene rings is 3. The zero-order valence-electron chi connectivity index (χ0n) is 18.1. The number of aryl methyl sites for hydroxylation is 1. The number of aromatic nitrogens is 3. The number of rotatable bonds is 4. The Morgan fingerprint density at radius 1 is 0.938 bits per heavy atom. The van der Waals surface area contributed by atoms with Crippen molar-refractivity contribution in [2.45, 2.75) is 25.4 Å². The Balaban J connectivity index is 1.66. The molecule has 2 atom stereocenters. The van der Waals surface area contributed by atoms with Gasteiger partial charge in [0.2, 0.25) is 5.95 Å². The van der Waals surface area contributed by atoms with E-state index >= 15 is 0 Å². The lowest BCUT2D eigenvalue weighted by Crippen LogP contribution is -2.42. The molecule has 0 aliphatic carbocycles. The van der Waals surface area contributed by atoms with E-state index in [0.717, 1.165) is 22.4 Å². The largest absolute Gasteiger partial charge is 0.496 e. The van der Waals surface area contributed by atoms with Gasteiger partial charge in [0, 0.05) is 11.1 Å². The first-order chi connectivity index (χ1) is 15.7. The molecule has 32 heavy (non-hydrogen) atoms. The van der Waals surface area contributed by atoms with Crippen LogP contribution >= 0.6 is 0 Å². The van der Waals surface area contributed by atoms with Crippen molar-refractivity contribution < 1.29 is 9.53 Å². The highest BCUT2D eigenvalue weighted by atomic mass is 16.5. The molecule has 4 aromatic rings. The standard InChI is InChI=1S/C26H24N4O2/c1-18-12-14-20(15-13-18)25(31)29-22(19-8-4-3-5-9-19)16-23(30-26(29)27-17-28-30)21-10-6-7-11-24(21)32-2/h3-15,17,22-23H,16H2,1-2H3/t22-,23+/m1/s1. The fourth-order valence-corrected chi connectivity index (χ4v) is 4.42. The van der Waals surface area contributed by atoms with Crippen molar-refractivity contribution in [3.05, 3.63) is 107 Å². The molecule has 6 nitrogen and oxygen atoms in total. The minimum absolute atomic E-state index is 0.0911. The quantitative estimate of drug-likeness (QED) is 0.464. The van der Waals surface area contributed by atoms with Gasteiger partial charge in [0.1, 0.15) is 12.1 Å². The summed E-state index contributed by atoms with van der Waals surface area (Å²) in [5.74, 6) is 1.24. The van der Waals surface area contributed by atoms with Gasteiger partial charge in [0.05, 0.1) is 19.2 Å². The maximum absolute atomic E-state index is 13.7. The second kappa shape index (κ2) is 8.30. The van der Waals surface area contributed by atoms with Crippen molar-refractivity contribution in [2.75, 3.05) is 12.0 Å². The number of anilines is 1. The summed E-state index contributed by atoms with van der Waals surface area (Å²) < 4.78 is 7.48. The van der Waals surface area contributed by atoms with Crippen LogP contribution < -0.4 is 9.64 Å². The van der Waals surface area contributed by atoms with Crippen LogP contribution in [0.1, 0.15) is 45.6 Å². The summed E-state index contributed by atoms with van der Waals surface area (Å²) in [6.07, 6.45) is 2.17. The normalized spacial score (nSPS) is 17.6. The lowest BCUT2D eigenvalue weighted by molar-refractivity contribution is 0.0963. The van der Waals surface area contributed by atoms with Crippen molar-refractivity contribution >= 4 is 11.9 Å². The fraction of sp³-hybridized carbons (Fsp3) is 0.192. The van der Waals surface area contributed by atoms with E-state index in [1.54, 1.807) is 12.0 Å². The molecule has 3 aromatic carbocycles. The predicted octanol–water partition coefficient (Wildman–Crippen LogP) is 4.98. The molecule has 0 unspecified atom stereocenters. The Kier molecular flexibility index (Phi) is 5.19. The molecule has 0 N–H and O–H groups in total. The van der Waals surface area contributed by atoms with Crippen LogP contribution in [0.4, 0.5) is 5.95 Å². The number of methoxy groups -OCH3 is 1. The maximum Gasteiger partial charge on any atom is 0.261 e. The summed E-state index contributed by atoms with van der Waals surface area (Å²) in [5.41, 5.74) is 3.81. The highest BCUT2D eigenvalue weighted by molar-refractivity contribution is 6.05. The van der Waals surface area contributed by atoms with E-state index in [1.807, 2.05) is 72.3 Å². The second-order valence-electron chi connectivity index (χ2n) is 7.97. The second-order valence-corrected chi connectivity index (χ2v) is 7.97. The zero-order chi connectivity index (χ0) is 22.1. The van der Waals surface area contributed by atoms with Crippen molar-refractivity contribution in [1.29, 1.82) is 0 Å².